The summed E-state index contributed by atoms with van der Waals surface area (Å²) in [4.78, 5) is 14.3. The Balaban J connectivity index is 1.70. The van der Waals surface area contributed by atoms with E-state index in [-0.39, 0.29) is 21.4 Å². The first-order chi connectivity index (χ1) is 14.4. The van der Waals surface area contributed by atoms with Crippen molar-refractivity contribution in [1.29, 1.82) is 0 Å². The summed E-state index contributed by atoms with van der Waals surface area (Å²) in [5.41, 5.74) is 0.287. The van der Waals surface area contributed by atoms with Crippen LogP contribution in [0.3, 0.4) is 0 Å². The van der Waals surface area contributed by atoms with Crippen molar-refractivity contribution in [3.8, 4) is 5.75 Å². The van der Waals surface area contributed by atoms with Crippen LogP contribution in [0, 0.1) is 0 Å². The number of benzene rings is 2. The second-order valence-electron chi connectivity index (χ2n) is 7.35. The minimum Gasteiger partial charge on any atom is -0.492 e. The molecule has 1 amide bonds. The fourth-order valence-electron chi connectivity index (χ4n) is 3.39. The third-order valence-corrected chi connectivity index (χ3v) is 7.53. The van der Waals surface area contributed by atoms with E-state index >= 15 is 0 Å². The molecule has 1 aliphatic heterocycles. The molecular formula is C22H27ClN2O4S. The zero-order chi connectivity index (χ0) is 21.6. The first kappa shape index (κ1) is 22.6. The summed E-state index contributed by atoms with van der Waals surface area (Å²) in [5.74, 6) is 0.450. The lowest BCUT2D eigenvalue weighted by molar-refractivity contribution is 0.0773. The number of carbonyl (C=O) groups is 1. The molecule has 2 aromatic rings. The Hall–Kier alpha value is -2.09. The fraction of sp³-hybridized carbons (Fsp3) is 0.409. The molecule has 0 atom stereocenters. The van der Waals surface area contributed by atoms with Gasteiger partial charge in [0.25, 0.3) is 5.91 Å². The fourth-order valence-corrected chi connectivity index (χ4v) is 5.41. The smallest absolute Gasteiger partial charge is 0.253 e. The Morgan fingerprint density at radius 1 is 1.07 bits per heavy atom. The number of para-hydroxylation sites is 1. The number of carbonyl (C=O) groups excluding carboxylic acids is 1. The molecule has 1 aliphatic rings. The minimum absolute atomic E-state index is 0.00847. The number of sulfonamides is 1. The van der Waals surface area contributed by atoms with Gasteiger partial charge in [0.2, 0.25) is 10.0 Å². The van der Waals surface area contributed by atoms with Crippen LogP contribution < -0.4 is 4.74 Å². The van der Waals surface area contributed by atoms with Crippen LogP contribution in [0.15, 0.2) is 53.4 Å². The molecule has 162 valence electrons. The molecule has 0 aromatic heterocycles. The molecule has 3 rings (SSSR count). The predicted octanol–water partition coefficient (Wildman–Crippen LogP) is 4.06. The highest BCUT2D eigenvalue weighted by Crippen LogP contribution is 2.28. The van der Waals surface area contributed by atoms with E-state index in [4.69, 9.17) is 16.3 Å². The van der Waals surface area contributed by atoms with Crippen molar-refractivity contribution in [2.45, 2.75) is 30.6 Å². The largest absolute Gasteiger partial charge is 0.492 e. The maximum atomic E-state index is 13.1. The normalized spacial score (nSPS) is 15.4. The van der Waals surface area contributed by atoms with E-state index in [1.807, 2.05) is 30.3 Å². The molecule has 1 fully saturated rings. The summed E-state index contributed by atoms with van der Waals surface area (Å²) in [5, 5.41) is 0.130. The number of rotatable bonds is 7. The molecule has 0 bridgehead atoms. The molecule has 0 N–H and O–H groups in total. The van der Waals surface area contributed by atoms with Crippen LogP contribution >= 0.6 is 11.6 Å². The zero-order valence-corrected chi connectivity index (χ0v) is 18.7. The lowest BCUT2D eigenvalue weighted by Crippen LogP contribution is -2.33. The van der Waals surface area contributed by atoms with Crippen molar-refractivity contribution >= 4 is 27.5 Å². The molecule has 1 heterocycles. The standard InChI is InChI=1S/C22H27ClN2O4S/c1-24(15-16-29-19-9-5-4-6-10-19)22(26)18-11-12-20(23)21(17-18)30(27,28)25-13-7-2-3-8-14-25/h4-6,9-12,17H,2-3,7-8,13-16H2,1H3. The van der Waals surface area contributed by atoms with Crippen LogP contribution in [-0.4, -0.2) is 56.8 Å². The van der Waals surface area contributed by atoms with Crippen molar-refractivity contribution in [1.82, 2.24) is 9.21 Å². The quantitative estimate of drug-likeness (QED) is 0.638. The number of hydrogen-bond donors (Lipinski definition) is 0. The first-order valence-electron chi connectivity index (χ1n) is 10.1. The number of nitrogens with zero attached hydrogens (tertiary/aromatic N) is 2. The average Bonchev–Trinajstić information content (AvgIpc) is 3.04. The number of amides is 1. The third-order valence-electron chi connectivity index (χ3n) is 5.15. The second kappa shape index (κ2) is 10.3. The molecule has 8 heteroatoms. The lowest BCUT2D eigenvalue weighted by atomic mass is 10.2. The summed E-state index contributed by atoms with van der Waals surface area (Å²) in [6, 6.07) is 13.8. The summed E-state index contributed by atoms with van der Waals surface area (Å²) >= 11 is 6.23. The van der Waals surface area contributed by atoms with E-state index in [0.717, 1.165) is 31.4 Å². The highest BCUT2D eigenvalue weighted by molar-refractivity contribution is 7.89. The summed E-state index contributed by atoms with van der Waals surface area (Å²) in [6.45, 7) is 1.66. The molecular weight excluding hydrogens is 424 g/mol. The van der Waals surface area contributed by atoms with Crippen molar-refractivity contribution in [2.75, 3.05) is 33.3 Å². The maximum absolute atomic E-state index is 13.1. The first-order valence-corrected chi connectivity index (χ1v) is 11.9. The van der Waals surface area contributed by atoms with Gasteiger partial charge in [-0.15, -0.1) is 0 Å². The lowest BCUT2D eigenvalue weighted by Gasteiger charge is -2.22. The SMILES string of the molecule is CN(CCOc1ccccc1)C(=O)c1ccc(Cl)c(S(=O)(=O)N2CCCCCC2)c1. The van der Waals surface area contributed by atoms with E-state index in [1.54, 1.807) is 13.1 Å². The van der Waals surface area contributed by atoms with Gasteiger partial charge in [-0.3, -0.25) is 4.79 Å². The predicted molar refractivity (Wildman–Crippen MR) is 118 cm³/mol. The van der Waals surface area contributed by atoms with Crippen molar-refractivity contribution in [3.05, 3.63) is 59.1 Å². The van der Waals surface area contributed by atoms with Crippen molar-refractivity contribution < 1.29 is 17.9 Å². The van der Waals surface area contributed by atoms with E-state index in [9.17, 15) is 13.2 Å². The highest BCUT2D eigenvalue weighted by Gasteiger charge is 2.28. The van der Waals surface area contributed by atoms with Gasteiger partial charge in [0.05, 0.1) is 11.6 Å². The number of likely N-dealkylation sites (N-methyl/N-ethyl adjacent to an activating group) is 1. The van der Waals surface area contributed by atoms with Gasteiger partial charge < -0.3 is 9.64 Å². The van der Waals surface area contributed by atoms with E-state index in [1.165, 1.54) is 21.3 Å². The van der Waals surface area contributed by atoms with Gasteiger partial charge in [-0.05, 0) is 43.2 Å². The Morgan fingerprint density at radius 2 is 1.73 bits per heavy atom. The van der Waals surface area contributed by atoms with Gasteiger partial charge in [-0.2, -0.15) is 4.31 Å². The molecule has 0 unspecified atom stereocenters. The number of halogens is 1. The summed E-state index contributed by atoms with van der Waals surface area (Å²) < 4.78 is 33.4. The molecule has 2 aromatic carbocycles. The molecule has 0 radical (unpaired) electrons. The van der Waals surface area contributed by atoms with E-state index in [2.05, 4.69) is 0 Å². The van der Waals surface area contributed by atoms with Crippen LogP contribution in [0.1, 0.15) is 36.0 Å². The topological polar surface area (TPSA) is 66.9 Å². The van der Waals surface area contributed by atoms with E-state index < -0.39 is 10.0 Å². The second-order valence-corrected chi connectivity index (χ2v) is 9.67. The molecule has 30 heavy (non-hydrogen) atoms. The van der Waals surface area contributed by atoms with Gasteiger partial charge in [0, 0.05) is 25.7 Å². The monoisotopic (exact) mass is 450 g/mol. The van der Waals surface area contributed by atoms with Gasteiger partial charge in [0.15, 0.2) is 0 Å². The molecule has 0 saturated carbocycles. The number of hydrogen-bond acceptors (Lipinski definition) is 4. The minimum atomic E-state index is -3.74. The molecule has 1 saturated heterocycles. The van der Waals surface area contributed by atoms with Crippen LogP contribution in [-0.2, 0) is 10.0 Å². The third kappa shape index (κ3) is 5.53. The summed E-state index contributed by atoms with van der Waals surface area (Å²) in [6.07, 6.45) is 3.71. The van der Waals surface area contributed by atoms with Gasteiger partial charge in [-0.1, -0.05) is 42.6 Å². The maximum Gasteiger partial charge on any atom is 0.253 e. The zero-order valence-electron chi connectivity index (χ0n) is 17.1. The summed E-state index contributed by atoms with van der Waals surface area (Å²) in [7, 11) is -2.08. The Labute approximate surface area is 183 Å². The van der Waals surface area contributed by atoms with Crippen LogP contribution in [0.5, 0.6) is 5.75 Å². The Kier molecular flexibility index (Phi) is 7.75. The molecule has 0 spiro atoms. The Bertz CT molecular complexity index is 958. The van der Waals surface area contributed by atoms with E-state index in [0.29, 0.717) is 26.2 Å². The van der Waals surface area contributed by atoms with Crippen molar-refractivity contribution in [2.24, 2.45) is 0 Å². The van der Waals surface area contributed by atoms with Crippen molar-refractivity contribution in [3.63, 3.8) is 0 Å². The number of ether oxygens (including phenoxy) is 1. The van der Waals surface area contributed by atoms with Crippen LogP contribution in [0.25, 0.3) is 0 Å². The van der Waals surface area contributed by atoms with Gasteiger partial charge >= 0.3 is 0 Å². The van der Waals surface area contributed by atoms with Crippen LogP contribution in [0.4, 0.5) is 0 Å². The van der Waals surface area contributed by atoms with Gasteiger partial charge in [0.1, 0.15) is 17.3 Å². The molecule has 6 nitrogen and oxygen atoms in total. The van der Waals surface area contributed by atoms with Gasteiger partial charge in [-0.25, -0.2) is 8.42 Å². The molecule has 0 aliphatic carbocycles. The Morgan fingerprint density at radius 3 is 2.40 bits per heavy atom. The van der Waals surface area contributed by atoms with Crippen LogP contribution in [0.2, 0.25) is 5.02 Å². The highest BCUT2D eigenvalue weighted by atomic mass is 35.5. The average molecular weight is 451 g/mol.